The summed E-state index contributed by atoms with van der Waals surface area (Å²) in [7, 11) is 0. The van der Waals surface area contributed by atoms with Crippen LogP contribution in [0.2, 0.25) is 0 Å². The van der Waals surface area contributed by atoms with E-state index in [9.17, 15) is 4.79 Å². The minimum absolute atomic E-state index is 0.321. The van der Waals surface area contributed by atoms with Crippen LogP contribution in [0.5, 0.6) is 0 Å². The maximum Gasteiger partial charge on any atom is 0.326 e. The van der Waals surface area contributed by atoms with Gasteiger partial charge in [0, 0.05) is 12.4 Å². The molecule has 1 heterocycles. The van der Waals surface area contributed by atoms with Crippen LogP contribution in [-0.4, -0.2) is 32.8 Å². The Labute approximate surface area is 87.0 Å². The Morgan fingerprint density at radius 1 is 1.57 bits per heavy atom. The van der Waals surface area contributed by atoms with Crippen LogP contribution in [0.25, 0.3) is 0 Å². The van der Waals surface area contributed by atoms with Gasteiger partial charge in [0.1, 0.15) is 6.04 Å². The Morgan fingerprint density at radius 2 is 2.21 bits per heavy atom. The van der Waals surface area contributed by atoms with Gasteiger partial charge in [0.25, 0.3) is 0 Å². The van der Waals surface area contributed by atoms with Crippen LogP contribution in [0.3, 0.4) is 0 Å². The average Bonchev–Trinajstić information content (AvgIpc) is 2.18. The first kappa shape index (κ1) is 10.8. The van der Waals surface area contributed by atoms with Crippen molar-refractivity contribution >= 4 is 24.5 Å². The number of carboxylic acid groups (broad SMARTS) is 1. The smallest absolute Gasteiger partial charge is 0.326 e. The van der Waals surface area contributed by atoms with Gasteiger partial charge in [-0.15, -0.1) is 0 Å². The monoisotopic (exact) mass is 213 g/mol. The van der Waals surface area contributed by atoms with Gasteiger partial charge < -0.3 is 10.4 Å². The summed E-state index contributed by atoms with van der Waals surface area (Å²) < 4.78 is 0. The molecule has 0 aliphatic heterocycles. The van der Waals surface area contributed by atoms with E-state index in [1.54, 1.807) is 18.5 Å². The fourth-order valence-corrected chi connectivity index (χ4v) is 1.17. The fourth-order valence-electron chi connectivity index (χ4n) is 0.916. The van der Waals surface area contributed by atoms with Crippen LogP contribution in [0, 0.1) is 0 Å². The summed E-state index contributed by atoms with van der Waals surface area (Å²) >= 11 is 3.98. The minimum atomic E-state index is -0.925. The largest absolute Gasteiger partial charge is 0.480 e. The highest BCUT2D eigenvalue weighted by molar-refractivity contribution is 7.80. The molecule has 0 saturated heterocycles. The van der Waals surface area contributed by atoms with Gasteiger partial charge in [-0.25, -0.2) is 14.8 Å². The number of thiol groups is 1. The molecule has 6 heteroatoms. The molecular weight excluding hydrogens is 202 g/mol. The van der Waals surface area contributed by atoms with Crippen LogP contribution in [0.1, 0.15) is 6.42 Å². The molecule has 1 rings (SSSR count). The van der Waals surface area contributed by atoms with E-state index in [-0.39, 0.29) is 0 Å². The van der Waals surface area contributed by atoms with E-state index in [1.807, 2.05) is 0 Å². The Kier molecular flexibility index (Phi) is 4.18. The molecule has 0 bridgehead atoms. The molecule has 0 saturated carbocycles. The van der Waals surface area contributed by atoms with Crippen molar-refractivity contribution in [3.05, 3.63) is 18.5 Å². The maximum atomic E-state index is 10.7. The topological polar surface area (TPSA) is 75.1 Å². The van der Waals surface area contributed by atoms with Crippen molar-refractivity contribution in [2.24, 2.45) is 0 Å². The number of hydrogen-bond donors (Lipinski definition) is 3. The van der Waals surface area contributed by atoms with E-state index < -0.39 is 12.0 Å². The molecule has 0 amide bonds. The number of aromatic nitrogens is 2. The number of carboxylic acids is 1. The zero-order valence-electron chi connectivity index (χ0n) is 7.42. The molecule has 1 aromatic heterocycles. The number of rotatable bonds is 5. The van der Waals surface area contributed by atoms with E-state index in [4.69, 9.17) is 5.11 Å². The molecule has 0 fully saturated rings. The maximum absolute atomic E-state index is 10.7. The van der Waals surface area contributed by atoms with Gasteiger partial charge in [0.05, 0.1) is 0 Å². The first-order valence-electron chi connectivity index (χ1n) is 4.11. The number of aliphatic carboxylic acids is 1. The van der Waals surface area contributed by atoms with Gasteiger partial charge >= 0.3 is 5.97 Å². The molecule has 0 aliphatic carbocycles. The Balaban J connectivity index is 2.60. The lowest BCUT2D eigenvalue weighted by Gasteiger charge is -2.12. The van der Waals surface area contributed by atoms with Crippen LogP contribution < -0.4 is 5.32 Å². The first-order valence-corrected chi connectivity index (χ1v) is 4.74. The molecule has 1 aromatic rings. The van der Waals surface area contributed by atoms with Crippen molar-refractivity contribution in [2.45, 2.75) is 12.5 Å². The van der Waals surface area contributed by atoms with E-state index in [1.165, 1.54) is 0 Å². The molecule has 0 spiro atoms. The Hall–Kier alpha value is -1.30. The third-order valence-corrected chi connectivity index (χ3v) is 1.84. The first-order chi connectivity index (χ1) is 6.74. The fraction of sp³-hybridized carbons (Fsp3) is 0.375. The highest BCUT2D eigenvalue weighted by Gasteiger charge is 2.16. The predicted octanol–water partition coefficient (Wildman–Crippen LogP) is 0.662. The quantitative estimate of drug-likeness (QED) is 0.626. The van der Waals surface area contributed by atoms with Crippen LogP contribution in [0.4, 0.5) is 5.95 Å². The number of nitrogens with zero attached hydrogens (tertiary/aromatic N) is 2. The van der Waals surface area contributed by atoms with Crippen molar-refractivity contribution in [3.63, 3.8) is 0 Å². The molecule has 0 aromatic carbocycles. The standard InChI is InChI=1S/C8H11N3O2S/c12-7(13)6(2-5-14)11-8-9-3-1-4-10-8/h1,3-4,6,14H,2,5H2,(H,12,13)(H,9,10,11)/t6-/m0/s1. The third-order valence-electron chi connectivity index (χ3n) is 1.58. The Morgan fingerprint density at radius 3 is 2.71 bits per heavy atom. The van der Waals surface area contributed by atoms with Gasteiger partial charge in [-0.1, -0.05) is 0 Å². The van der Waals surface area contributed by atoms with Crippen LogP contribution in [-0.2, 0) is 4.79 Å². The number of anilines is 1. The van der Waals surface area contributed by atoms with Gasteiger partial charge in [0.2, 0.25) is 5.95 Å². The van der Waals surface area contributed by atoms with Gasteiger partial charge in [0.15, 0.2) is 0 Å². The number of hydrogen-bond acceptors (Lipinski definition) is 5. The van der Waals surface area contributed by atoms with E-state index in [0.717, 1.165) is 0 Å². The molecule has 2 N–H and O–H groups in total. The summed E-state index contributed by atoms with van der Waals surface area (Å²) in [5.41, 5.74) is 0. The van der Waals surface area contributed by atoms with E-state index >= 15 is 0 Å². The van der Waals surface area contributed by atoms with Crippen molar-refractivity contribution in [1.29, 1.82) is 0 Å². The Bertz CT molecular complexity index is 294. The second kappa shape index (κ2) is 5.43. The lowest BCUT2D eigenvalue weighted by atomic mass is 10.2. The molecule has 5 nitrogen and oxygen atoms in total. The molecule has 76 valence electrons. The summed E-state index contributed by atoms with van der Waals surface area (Å²) in [6.07, 6.45) is 3.53. The summed E-state index contributed by atoms with van der Waals surface area (Å²) in [5.74, 6) is -0.107. The summed E-state index contributed by atoms with van der Waals surface area (Å²) in [5, 5.41) is 11.5. The summed E-state index contributed by atoms with van der Waals surface area (Å²) in [6.45, 7) is 0. The van der Waals surface area contributed by atoms with Crippen LogP contribution in [0.15, 0.2) is 18.5 Å². The lowest BCUT2D eigenvalue weighted by Crippen LogP contribution is -2.30. The molecule has 0 aliphatic rings. The summed E-state index contributed by atoms with van der Waals surface area (Å²) in [6, 6.07) is 0.981. The van der Waals surface area contributed by atoms with Crippen molar-refractivity contribution < 1.29 is 9.90 Å². The van der Waals surface area contributed by atoms with Gasteiger partial charge in [-0.2, -0.15) is 12.6 Å². The minimum Gasteiger partial charge on any atom is -0.480 e. The zero-order chi connectivity index (χ0) is 10.4. The highest BCUT2D eigenvalue weighted by Crippen LogP contribution is 2.03. The lowest BCUT2D eigenvalue weighted by molar-refractivity contribution is -0.137. The SMILES string of the molecule is O=C(O)[C@H](CCS)Nc1ncccn1. The normalized spacial score (nSPS) is 12.1. The second-order valence-corrected chi connectivity index (χ2v) is 3.07. The molecule has 14 heavy (non-hydrogen) atoms. The number of nitrogens with one attached hydrogen (secondary N) is 1. The highest BCUT2D eigenvalue weighted by atomic mass is 32.1. The van der Waals surface area contributed by atoms with Gasteiger partial charge in [-0.3, -0.25) is 0 Å². The molecule has 0 unspecified atom stereocenters. The van der Waals surface area contributed by atoms with Crippen molar-refractivity contribution in [1.82, 2.24) is 9.97 Å². The molecule has 1 atom stereocenters. The molecule has 0 radical (unpaired) electrons. The van der Waals surface area contributed by atoms with E-state index in [0.29, 0.717) is 18.1 Å². The van der Waals surface area contributed by atoms with E-state index in [2.05, 4.69) is 27.9 Å². The van der Waals surface area contributed by atoms with Gasteiger partial charge in [-0.05, 0) is 18.2 Å². The average molecular weight is 213 g/mol. The predicted molar refractivity (Wildman–Crippen MR) is 55.5 cm³/mol. The second-order valence-electron chi connectivity index (χ2n) is 2.62. The molecular formula is C8H11N3O2S. The van der Waals surface area contributed by atoms with Crippen molar-refractivity contribution in [3.8, 4) is 0 Å². The van der Waals surface area contributed by atoms with Crippen LogP contribution >= 0.6 is 12.6 Å². The van der Waals surface area contributed by atoms with Crippen molar-refractivity contribution in [2.75, 3.05) is 11.1 Å². The third kappa shape index (κ3) is 3.21. The summed E-state index contributed by atoms with van der Waals surface area (Å²) in [4.78, 5) is 18.5. The number of carbonyl (C=O) groups is 1. The zero-order valence-corrected chi connectivity index (χ0v) is 8.32.